The van der Waals surface area contributed by atoms with Crippen molar-refractivity contribution in [2.75, 3.05) is 26.7 Å². The molecule has 4 amide bonds. The molecule has 314 valence electrons. The first-order valence-electron chi connectivity index (χ1n) is 21.3. The van der Waals surface area contributed by atoms with Gasteiger partial charge in [0.2, 0.25) is 27.7 Å². The van der Waals surface area contributed by atoms with E-state index in [1.807, 2.05) is 59.5 Å². The summed E-state index contributed by atoms with van der Waals surface area (Å²) in [4.78, 5) is 65.3. The van der Waals surface area contributed by atoms with E-state index < -0.39 is 56.6 Å². The van der Waals surface area contributed by atoms with Gasteiger partial charge < -0.3 is 24.6 Å². The fourth-order valence-electron chi connectivity index (χ4n) is 9.38. The van der Waals surface area contributed by atoms with Crippen LogP contribution in [-0.2, 0) is 29.2 Å². The number of ether oxygens (including phenoxy) is 2. The summed E-state index contributed by atoms with van der Waals surface area (Å²) in [5.74, 6) is -1.21. The van der Waals surface area contributed by atoms with Gasteiger partial charge in [0, 0.05) is 60.8 Å². The third kappa shape index (κ3) is 8.83. The number of aromatic nitrogens is 1. The van der Waals surface area contributed by atoms with Crippen molar-refractivity contribution in [1.29, 1.82) is 0 Å². The molecule has 3 aliphatic carbocycles. The van der Waals surface area contributed by atoms with Crippen LogP contribution in [0.5, 0.6) is 11.5 Å². The zero-order chi connectivity index (χ0) is 41.3. The maximum Gasteiger partial charge on any atom is 0.259 e. The first-order valence-corrected chi connectivity index (χ1v) is 22.8. The zero-order valence-electron chi connectivity index (χ0n) is 33.8. The molecule has 13 nitrogen and oxygen atoms in total. The fourth-order valence-corrected chi connectivity index (χ4v) is 10.7. The molecule has 14 heteroatoms. The van der Waals surface area contributed by atoms with Crippen molar-refractivity contribution in [2.45, 2.75) is 106 Å². The summed E-state index contributed by atoms with van der Waals surface area (Å²) in [6.07, 6.45) is 9.95. The minimum Gasteiger partial charge on any atom is -0.497 e. The van der Waals surface area contributed by atoms with Gasteiger partial charge >= 0.3 is 0 Å². The second kappa shape index (κ2) is 16.9. The first-order chi connectivity index (χ1) is 28.5. The molecule has 5 fully saturated rings. The Kier molecular flexibility index (Phi) is 11.7. The summed E-state index contributed by atoms with van der Waals surface area (Å²) in [6.45, 7) is 5.25. The van der Waals surface area contributed by atoms with Crippen LogP contribution in [0.3, 0.4) is 0 Å². The molecule has 3 aromatic rings. The normalized spacial score (nSPS) is 25.0. The molecule has 2 N–H and O–H groups in total. The summed E-state index contributed by atoms with van der Waals surface area (Å²) >= 11 is 0. The number of carbonyl (C=O) groups excluding carboxylic acids is 4. The Morgan fingerprint density at radius 1 is 0.983 bits per heavy atom. The highest BCUT2D eigenvalue weighted by molar-refractivity contribution is 7.91. The van der Waals surface area contributed by atoms with E-state index in [9.17, 15) is 27.6 Å². The number of methoxy groups -OCH3 is 1. The molecule has 0 spiro atoms. The first kappa shape index (κ1) is 40.8. The van der Waals surface area contributed by atoms with Gasteiger partial charge in [0.05, 0.1) is 30.1 Å². The molecular weight excluding hydrogens is 771 g/mol. The lowest BCUT2D eigenvalue weighted by molar-refractivity contribution is -0.145. The number of nitrogens with zero attached hydrogens (tertiary/aromatic N) is 3. The predicted octanol–water partition coefficient (Wildman–Crippen LogP) is 5.53. The molecule has 0 radical (unpaired) electrons. The number of likely N-dealkylation sites (tertiary alicyclic amines) is 2. The summed E-state index contributed by atoms with van der Waals surface area (Å²) in [5.41, 5.74) is 0.674. The Labute approximate surface area is 346 Å². The van der Waals surface area contributed by atoms with E-state index in [2.05, 4.69) is 16.6 Å². The molecule has 59 heavy (non-hydrogen) atoms. The third-order valence-corrected chi connectivity index (χ3v) is 14.8. The highest BCUT2D eigenvalue weighted by Crippen LogP contribution is 2.46. The number of amides is 4. The number of sulfonamides is 1. The molecule has 1 unspecified atom stereocenters. The van der Waals surface area contributed by atoms with Gasteiger partial charge in [0.25, 0.3) is 5.91 Å². The topological polar surface area (TPSA) is 164 Å². The molecule has 2 aromatic carbocycles. The van der Waals surface area contributed by atoms with Crippen molar-refractivity contribution < 1.29 is 37.1 Å². The van der Waals surface area contributed by atoms with Crippen molar-refractivity contribution in [3.05, 3.63) is 67.3 Å². The average molecular weight is 826 g/mol. The molecule has 2 saturated heterocycles. The Morgan fingerprint density at radius 2 is 1.73 bits per heavy atom. The van der Waals surface area contributed by atoms with E-state index in [0.717, 1.165) is 55.9 Å². The molecule has 5 atom stereocenters. The van der Waals surface area contributed by atoms with E-state index in [0.29, 0.717) is 61.0 Å². The number of hydrogen-bond donors (Lipinski definition) is 2. The van der Waals surface area contributed by atoms with Gasteiger partial charge in [-0.2, -0.15) is 0 Å². The number of hydrogen-bond acceptors (Lipinski definition) is 9. The number of pyridine rings is 1. The largest absolute Gasteiger partial charge is 0.497 e. The van der Waals surface area contributed by atoms with Crippen molar-refractivity contribution in [3.8, 4) is 22.8 Å². The minimum absolute atomic E-state index is 0.00405. The molecule has 3 saturated carbocycles. The Morgan fingerprint density at radius 3 is 2.41 bits per heavy atom. The second-order valence-corrected chi connectivity index (χ2v) is 19.1. The molecule has 5 aliphatic rings. The van der Waals surface area contributed by atoms with E-state index in [1.54, 1.807) is 13.2 Å². The molecule has 2 aliphatic heterocycles. The smallest absolute Gasteiger partial charge is 0.259 e. The van der Waals surface area contributed by atoms with E-state index in [1.165, 1.54) is 4.90 Å². The SMILES string of the molecule is C=CC1C[C@]1(NC(=O)[C@@H]1C[C@@H](Oc2cc(-c3ccccc3)nc3cc(OC)ccc23)CN1C(=O)C[C@@H](CC1CCCC1)C(=O)N1CCCCC1)C(=O)NS(=O)(=O)C1CC1. The number of carbonyl (C=O) groups is 4. The average Bonchev–Trinajstić information content (AvgIpc) is 4.13. The molecular formula is C45H55N5O8S. The Bertz CT molecular complexity index is 2200. The Balaban J connectivity index is 1.09. The van der Waals surface area contributed by atoms with E-state index in [-0.39, 0.29) is 37.6 Å². The van der Waals surface area contributed by atoms with Gasteiger partial charge in [-0.15, -0.1) is 6.58 Å². The maximum atomic E-state index is 14.7. The zero-order valence-corrected chi connectivity index (χ0v) is 34.6. The monoisotopic (exact) mass is 825 g/mol. The highest BCUT2D eigenvalue weighted by Gasteiger charge is 2.62. The number of piperidine rings is 1. The van der Waals surface area contributed by atoms with E-state index >= 15 is 0 Å². The summed E-state index contributed by atoms with van der Waals surface area (Å²) in [5, 5.41) is 2.98. The van der Waals surface area contributed by atoms with Crippen LogP contribution in [0.4, 0.5) is 0 Å². The van der Waals surface area contributed by atoms with Crippen LogP contribution < -0.4 is 19.5 Å². The lowest BCUT2D eigenvalue weighted by Crippen LogP contribution is -2.56. The van der Waals surface area contributed by atoms with Gasteiger partial charge in [-0.25, -0.2) is 13.4 Å². The van der Waals surface area contributed by atoms with Gasteiger partial charge in [-0.3, -0.25) is 23.9 Å². The van der Waals surface area contributed by atoms with Crippen LogP contribution in [0, 0.1) is 17.8 Å². The maximum absolute atomic E-state index is 14.7. The van der Waals surface area contributed by atoms with Crippen molar-refractivity contribution >= 4 is 44.6 Å². The Hall–Kier alpha value is -4.98. The quantitative estimate of drug-likeness (QED) is 0.188. The van der Waals surface area contributed by atoms with Crippen molar-refractivity contribution in [1.82, 2.24) is 24.8 Å². The summed E-state index contributed by atoms with van der Waals surface area (Å²) in [6, 6.07) is 16.0. The van der Waals surface area contributed by atoms with Crippen LogP contribution in [0.1, 0.15) is 83.5 Å². The number of benzene rings is 2. The van der Waals surface area contributed by atoms with Crippen LogP contribution in [-0.4, -0.2) is 96.5 Å². The lowest BCUT2D eigenvalue weighted by atomic mass is 9.88. The van der Waals surface area contributed by atoms with Gasteiger partial charge in [-0.05, 0) is 63.0 Å². The number of fused-ring (bicyclic) bond motifs is 1. The standard InChI is InChI=1S/C45H55N5O8S/c1-3-32-27-45(32,44(54)48-59(55,56)35-17-18-35)47-42(52)39-25-34(58-40-26-37(30-14-6-4-7-15-30)46-38-24-33(57-2)16-19-36(38)40)28-50(39)41(51)23-31(22-29-12-8-9-13-29)43(53)49-20-10-5-11-21-49/h3-4,6-7,14-16,19,24,26,29,31-32,34-35,39H,1,5,8-13,17-18,20-23,25,27-28H2,2H3,(H,47,52)(H,48,54)/t31-,32?,34-,39+,45-/m1/s1. The lowest BCUT2D eigenvalue weighted by Gasteiger charge is -2.32. The number of rotatable bonds is 15. The predicted molar refractivity (Wildman–Crippen MR) is 223 cm³/mol. The summed E-state index contributed by atoms with van der Waals surface area (Å²) in [7, 11) is -2.30. The minimum atomic E-state index is -3.89. The third-order valence-electron chi connectivity index (χ3n) is 13.0. The van der Waals surface area contributed by atoms with Crippen LogP contribution in [0.2, 0.25) is 0 Å². The fraction of sp³-hybridized carbons (Fsp3) is 0.533. The van der Waals surface area contributed by atoms with Crippen LogP contribution in [0.25, 0.3) is 22.2 Å². The second-order valence-electron chi connectivity index (χ2n) is 17.1. The molecule has 0 bridgehead atoms. The summed E-state index contributed by atoms with van der Waals surface area (Å²) < 4.78 is 40.1. The van der Waals surface area contributed by atoms with Crippen LogP contribution >= 0.6 is 0 Å². The van der Waals surface area contributed by atoms with Gasteiger partial charge in [-0.1, -0.05) is 62.1 Å². The molecule has 3 heterocycles. The highest BCUT2D eigenvalue weighted by atomic mass is 32.2. The van der Waals surface area contributed by atoms with Crippen LogP contribution in [0.15, 0.2) is 67.3 Å². The van der Waals surface area contributed by atoms with Crippen molar-refractivity contribution in [3.63, 3.8) is 0 Å². The number of nitrogens with one attached hydrogen (secondary N) is 2. The van der Waals surface area contributed by atoms with Gasteiger partial charge in [0.1, 0.15) is 29.2 Å². The molecule has 8 rings (SSSR count). The van der Waals surface area contributed by atoms with E-state index in [4.69, 9.17) is 14.5 Å². The van der Waals surface area contributed by atoms with Crippen molar-refractivity contribution in [2.24, 2.45) is 17.8 Å². The molecule has 1 aromatic heterocycles. The van der Waals surface area contributed by atoms with Gasteiger partial charge in [0.15, 0.2) is 0 Å².